The van der Waals surface area contributed by atoms with Crippen LogP contribution in [0.15, 0.2) is 0 Å². The molecule has 0 saturated carbocycles. The van der Waals surface area contributed by atoms with Gasteiger partial charge >= 0.3 is 0 Å². The summed E-state index contributed by atoms with van der Waals surface area (Å²) >= 11 is 0. The fourth-order valence-electron chi connectivity index (χ4n) is 3.75. The van der Waals surface area contributed by atoms with Gasteiger partial charge in [-0.15, -0.1) is 0 Å². The summed E-state index contributed by atoms with van der Waals surface area (Å²) in [6.07, 6.45) is 6.68. The van der Waals surface area contributed by atoms with Gasteiger partial charge in [0.25, 0.3) is 0 Å². The van der Waals surface area contributed by atoms with Crippen LogP contribution in [0.5, 0.6) is 0 Å². The Hall–Kier alpha value is -0.910. The second-order valence-electron chi connectivity index (χ2n) is 7.49. The Morgan fingerprint density at radius 2 is 2.09 bits per heavy atom. The number of aromatic amines is 1. The zero-order chi connectivity index (χ0) is 16.2. The molecular formula is C18H31N3O2. The highest BCUT2D eigenvalue weighted by Gasteiger charge is 2.30. The molecule has 0 unspecified atom stereocenters. The molecule has 2 atom stereocenters. The molecule has 1 aromatic rings. The molecule has 1 aliphatic carbocycles. The number of aliphatic hydroxyl groups is 1. The van der Waals surface area contributed by atoms with Crippen LogP contribution in [0.1, 0.15) is 62.8 Å². The molecule has 0 spiro atoms. The Balaban J connectivity index is 1.56. The molecule has 1 aliphatic heterocycles. The molecule has 1 aromatic heterocycles. The minimum atomic E-state index is -0.418. The summed E-state index contributed by atoms with van der Waals surface area (Å²) in [5.41, 5.74) is 2.62. The lowest BCUT2D eigenvalue weighted by molar-refractivity contribution is 0.00568. The van der Waals surface area contributed by atoms with Gasteiger partial charge in [0.2, 0.25) is 0 Å². The van der Waals surface area contributed by atoms with E-state index in [0.717, 1.165) is 31.6 Å². The van der Waals surface area contributed by atoms with Gasteiger partial charge in [-0.1, -0.05) is 13.8 Å². The third kappa shape index (κ3) is 4.34. The number of H-pyrrole nitrogens is 1. The number of ether oxygens (including phenoxy) is 1. The number of aliphatic hydroxyl groups excluding tert-OH is 1. The van der Waals surface area contributed by atoms with Gasteiger partial charge in [-0.05, 0) is 51.0 Å². The number of nitrogens with one attached hydrogen (secondary N) is 1. The van der Waals surface area contributed by atoms with Crippen LogP contribution in [0, 0.1) is 5.92 Å². The molecular weight excluding hydrogens is 290 g/mol. The van der Waals surface area contributed by atoms with E-state index in [0.29, 0.717) is 31.7 Å². The average Bonchev–Trinajstić information content (AvgIpc) is 3.12. The molecule has 0 aromatic carbocycles. The number of aryl methyl sites for hydroxylation is 2. The lowest BCUT2D eigenvalue weighted by Gasteiger charge is -2.25. The summed E-state index contributed by atoms with van der Waals surface area (Å²) in [5.74, 6) is 1.63. The molecule has 1 fully saturated rings. The molecule has 0 radical (unpaired) electrons. The van der Waals surface area contributed by atoms with Crippen LogP contribution in [0.2, 0.25) is 0 Å². The molecule has 0 amide bonds. The first kappa shape index (κ1) is 16.9. The van der Waals surface area contributed by atoms with Crippen LogP contribution in [0.25, 0.3) is 0 Å². The molecule has 0 bridgehead atoms. The number of rotatable bonds is 7. The van der Waals surface area contributed by atoms with Crippen molar-refractivity contribution in [2.24, 2.45) is 5.92 Å². The van der Waals surface area contributed by atoms with E-state index in [1.165, 1.54) is 30.7 Å². The van der Waals surface area contributed by atoms with Crippen LogP contribution < -0.4 is 0 Å². The van der Waals surface area contributed by atoms with Gasteiger partial charge in [0.15, 0.2) is 0 Å². The summed E-state index contributed by atoms with van der Waals surface area (Å²) in [5, 5.41) is 10.3. The predicted octanol–water partition coefficient (Wildman–Crippen LogP) is 2.46. The Morgan fingerprint density at radius 1 is 1.26 bits per heavy atom. The van der Waals surface area contributed by atoms with Gasteiger partial charge in [-0.25, -0.2) is 4.98 Å². The maximum Gasteiger partial charge on any atom is 0.124 e. The Morgan fingerprint density at radius 3 is 2.87 bits per heavy atom. The normalized spacial score (nSPS) is 23.4. The van der Waals surface area contributed by atoms with Gasteiger partial charge < -0.3 is 14.8 Å². The van der Waals surface area contributed by atoms with Crippen LogP contribution in [0.4, 0.5) is 0 Å². The minimum Gasteiger partial charge on any atom is -0.389 e. The molecule has 5 heteroatoms. The number of fused-ring (bicyclic) bond motifs is 1. The highest BCUT2D eigenvalue weighted by molar-refractivity contribution is 5.19. The smallest absolute Gasteiger partial charge is 0.124 e. The zero-order valence-corrected chi connectivity index (χ0v) is 14.6. The number of β-amino-alcohol motifs (C(OH)–C–C–N with tert-alkyl or cyclic N) is 1. The number of hydrogen-bond donors (Lipinski definition) is 2. The molecule has 2 N–H and O–H groups in total. The fraction of sp³-hybridized carbons (Fsp3) is 0.833. The van der Waals surface area contributed by atoms with Gasteiger partial charge in [0, 0.05) is 18.8 Å². The van der Waals surface area contributed by atoms with E-state index < -0.39 is 6.10 Å². The topological polar surface area (TPSA) is 61.4 Å². The summed E-state index contributed by atoms with van der Waals surface area (Å²) in [4.78, 5) is 10.8. The molecule has 1 saturated heterocycles. The molecule has 2 aliphatic rings. The largest absolute Gasteiger partial charge is 0.389 e. The zero-order valence-electron chi connectivity index (χ0n) is 14.6. The van der Waals surface area contributed by atoms with Crippen LogP contribution in [-0.2, 0) is 17.6 Å². The Labute approximate surface area is 139 Å². The van der Waals surface area contributed by atoms with Gasteiger partial charge in [0.05, 0.1) is 24.4 Å². The summed E-state index contributed by atoms with van der Waals surface area (Å²) < 4.78 is 5.57. The van der Waals surface area contributed by atoms with Crippen molar-refractivity contribution >= 4 is 0 Å². The van der Waals surface area contributed by atoms with Crippen LogP contribution in [-0.4, -0.2) is 52.4 Å². The van der Waals surface area contributed by atoms with Gasteiger partial charge in [-0.3, -0.25) is 4.90 Å². The maximum absolute atomic E-state index is 10.3. The van der Waals surface area contributed by atoms with Crippen molar-refractivity contribution in [3.8, 4) is 0 Å². The lowest BCUT2D eigenvalue weighted by atomic mass is 10.0. The molecule has 3 rings (SSSR count). The standard InChI is InChI=1S/C18H31N3O2/c1-13(2)11-23-12-14(22)10-21-9-5-8-17(21)18-19-15-6-3-4-7-16(15)20-18/h13-14,17,22H,3-12H2,1-2H3,(H,19,20)/t14-,17+/m0/s1. The number of aromatic nitrogens is 2. The molecule has 130 valence electrons. The maximum atomic E-state index is 10.3. The van der Waals surface area contributed by atoms with Crippen molar-refractivity contribution < 1.29 is 9.84 Å². The van der Waals surface area contributed by atoms with Crippen molar-refractivity contribution in [3.63, 3.8) is 0 Å². The predicted molar refractivity (Wildman–Crippen MR) is 90.4 cm³/mol. The van der Waals surface area contributed by atoms with Crippen molar-refractivity contribution in [2.45, 2.75) is 64.5 Å². The minimum absolute atomic E-state index is 0.334. The third-order valence-corrected chi connectivity index (χ3v) is 4.86. The molecule has 23 heavy (non-hydrogen) atoms. The first-order valence-corrected chi connectivity index (χ1v) is 9.21. The van der Waals surface area contributed by atoms with E-state index in [1.807, 2.05) is 0 Å². The second-order valence-corrected chi connectivity index (χ2v) is 7.49. The van der Waals surface area contributed by atoms with Crippen molar-refractivity contribution in [1.29, 1.82) is 0 Å². The van der Waals surface area contributed by atoms with E-state index in [1.54, 1.807) is 0 Å². The van der Waals surface area contributed by atoms with Gasteiger partial charge in [-0.2, -0.15) is 0 Å². The van der Waals surface area contributed by atoms with Crippen molar-refractivity contribution in [3.05, 3.63) is 17.2 Å². The van der Waals surface area contributed by atoms with E-state index in [9.17, 15) is 5.11 Å². The number of hydrogen-bond acceptors (Lipinski definition) is 4. The molecule has 2 heterocycles. The van der Waals surface area contributed by atoms with Crippen molar-refractivity contribution in [2.75, 3.05) is 26.3 Å². The SMILES string of the molecule is CC(C)COC[C@@H](O)CN1CCC[C@@H]1c1nc2c([nH]1)CCCC2. The highest BCUT2D eigenvalue weighted by Crippen LogP contribution is 2.32. The van der Waals surface area contributed by atoms with E-state index in [4.69, 9.17) is 9.72 Å². The lowest BCUT2D eigenvalue weighted by Crippen LogP contribution is -2.35. The van der Waals surface area contributed by atoms with E-state index in [2.05, 4.69) is 23.7 Å². The Bertz CT molecular complexity index is 477. The van der Waals surface area contributed by atoms with Crippen LogP contribution >= 0.6 is 0 Å². The summed E-state index contributed by atoms with van der Waals surface area (Å²) in [7, 11) is 0. The van der Waals surface area contributed by atoms with E-state index >= 15 is 0 Å². The van der Waals surface area contributed by atoms with Crippen LogP contribution in [0.3, 0.4) is 0 Å². The average molecular weight is 321 g/mol. The summed E-state index contributed by atoms with van der Waals surface area (Å²) in [6, 6.07) is 0.334. The summed E-state index contributed by atoms with van der Waals surface area (Å²) in [6.45, 7) is 7.11. The first-order chi connectivity index (χ1) is 11.1. The number of nitrogens with zero attached hydrogens (tertiary/aromatic N) is 2. The quantitative estimate of drug-likeness (QED) is 0.810. The van der Waals surface area contributed by atoms with Gasteiger partial charge in [0.1, 0.15) is 5.82 Å². The number of likely N-dealkylation sites (tertiary alicyclic amines) is 1. The second kappa shape index (κ2) is 7.77. The van der Waals surface area contributed by atoms with Crippen molar-refractivity contribution in [1.82, 2.24) is 14.9 Å². The Kier molecular flexibility index (Phi) is 5.72. The number of imidazole rings is 1. The third-order valence-electron chi connectivity index (χ3n) is 4.86. The van der Waals surface area contributed by atoms with E-state index in [-0.39, 0.29) is 0 Å². The monoisotopic (exact) mass is 321 g/mol. The first-order valence-electron chi connectivity index (χ1n) is 9.21. The fourth-order valence-corrected chi connectivity index (χ4v) is 3.75. The highest BCUT2D eigenvalue weighted by atomic mass is 16.5. The molecule has 5 nitrogen and oxygen atoms in total.